The maximum absolute atomic E-state index is 12.5. The van der Waals surface area contributed by atoms with E-state index in [1.54, 1.807) is 4.90 Å². The molecule has 1 aromatic rings. The number of nitrogens with one attached hydrogen (secondary N) is 1. The van der Waals surface area contributed by atoms with Crippen LogP contribution >= 0.6 is 0 Å². The topological polar surface area (TPSA) is 49.4 Å². The third kappa shape index (κ3) is 2.01. The fourth-order valence-electron chi connectivity index (χ4n) is 3.20. The number of carbonyl (C=O) groups is 2. The number of benzene rings is 1. The van der Waals surface area contributed by atoms with Gasteiger partial charge in [0.2, 0.25) is 11.8 Å². The number of nitrogens with zero attached hydrogens (tertiary/aromatic N) is 1. The molecule has 5 heteroatoms. The van der Waals surface area contributed by atoms with Crippen molar-refractivity contribution >= 4 is 19.7 Å². The van der Waals surface area contributed by atoms with Crippen molar-refractivity contribution in [1.82, 2.24) is 10.2 Å². The van der Waals surface area contributed by atoms with Crippen LogP contribution in [0.25, 0.3) is 0 Å². The predicted molar refractivity (Wildman–Crippen MR) is 76.1 cm³/mol. The molecule has 0 aromatic heterocycles. The Morgan fingerprint density at radius 2 is 2.05 bits per heavy atom. The van der Waals surface area contributed by atoms with E-state index in [1.807, 2.05) is 37.3 Å². The van der Waals surface area contributed by atoms with Gasteiger partial charge in [0.05, 0.1) is 5.44 Å². The summed E-state index contributed by atoms with van der Waals surface area (Å²) in [5, 5.41) is 2.79. The van der Waals surface area contributed by atoms with E-state index in [0.717, 1.165) is 5.56 Å². The summed E-state index contributed by atoms with van der Waals surface area (Å²) >= 11 is 0. The summed E-state index contributed by atoms with van der Waals surface area (Å²) in [6.45, 7) is 2.58. The first-order chi connectivity index (χ1) is 9.50. The standard InChI is InChI=1S/C15H17BN2O2/c1-10-8-15(16)14(20)17-12(13(19)18(15)9-10)7-11-5-3-2-4-6-11/h2-6,10,12H,7-9H2,1H3,(H,17,20)/t10-,12+,15+/m1/s1. The van der Waals surface area contributed by atoms with Crippen LogP contribution in [-0.4, -0.2) is 42.6 Å². The molecule has 2 heterocycles. The van der Waals surface area contributed by atoms with Crippen molar-refractivity contribution in [3.8, 4) is 0 Å². The second-order valence-electron chi connectivity index (χ2n) is 5.90. The molecule has 2 aliphatic heterocycles. The fraction of sp³-hybridized carbons (Fsp3) is 0.467. The summed E-state index contributed by atoms with van der Waals surface area (Å²) in [5.74, 6) is -0.0483. The van der Waals surface area contributed by atoms with E-state index < -0.39 is 11.5 Å². The molecule has 3 atom stereocenters. The van der Waals surface area contributed by atoms with Gasteiger partial charge in [0.25, 0.3) is 0 Å². The van der Waals surface area contributed by atoms with Crippen molar-refractivity contribution < 1.29 is 9.59 Å². The smallest absolute Gasteiger partial charge is 0.245 e. The van der Waals surface area contributed by atoms with Gasteiger partial charge in [-0.2, -0.15) is 0 Å². The molecule has 0 aliphatic carbocycles. The molecule has 2 amide bonds. The van der Waals surface area contributed by atoms with Crippen molar-refractivity contribution in [2.45, 2.75) is 31.2 Å². The highest BCUT2D eigenvalue weighted by Crippen LogP contribution is 2.34. The number of hydrogen-bond acceptors (Lipinski definition) is 2. The summed E-state index contributed by atoms with van der Waals surface area (Å²) in [5.41, 5.74) is -0.119. The lowest BCUT2D eigenvalue weighted by Crippen LogP contribution is -2.69. The number of hydrogen-bond donors (Lipinski definition) is 1. The molecule has 1 aromatic carbocycles. The molecule has 0 unspecified atom stereocenters. The van der Waals surface area contributed by atoms with Gasteiger partial charge >= 0.3 is 0 Å². The minimum Gasteiger partial charge on any atom is -0.343 e. The third-order valence-corrected chi connectivity index (χ3v) is 4.18. The molecule has 2 fully saturated rings. The third-order valence-electron chi connectivity index (χ3n) is 4.18. The Morgan fingerprint density at radius 3 is 2.75 bits per heavy atom. The van der Waals surface area contributed by atoms with Crippen molar-refractivity contribution in [3.63, 3.8) is 0 Å². The monoisotopic (exact) mass is 268 g/mol. The number of amides is 2. The van der Waals surface area contributed by atoms with E-state index in [-0.39, 0.29) is 17.7 Å². The minimum absolute atomic E-state index is 0.0692. The molecular formula is C15H17BN2O2. The van der Waals surface area contributed by atoms with Crippen molar-refractivity contribution in [2.75, 3.05) is 6.54 Å². The second-order valence-corrected chi connectivity index (χ2v) is 5.90. The van der Waals surface area contributed by atoms with E-state index in [4.69, 9.17) is 7.85 Å². The van der Waals surface area contributed by atoms with E-state index in [1.165, 1.54) is 0 Å². The lowest BCUT2D eigenvalue weighted by atomic mass is 9.71. The molecule has 2 saturated heterocycles. The van der Waals surface area contributed by atoms with Gasteiger partial charge in [0, 0.05) is 13.0 Å². The van der Waals surface area contributed by atoms with Crippen LogP contribution in [0, 0.1) is 5.92 Å². The summed E-state index contributed by atoms with van der Waals surface area (Å²) < 4.78 is 0. The highest BCUT2D eigenvalue weighted by Gasteiger charge is 2.53. The highest BCUT2D eigenvalue weighted by molar-refractivity contribution is 6.31. The normalized spacial score (nSPS) is 33.0. The summed E-state index contributed by atoms with van der Waals surface area (Å²) in [6, 6.07) is 9.18. The minimum atomic E-state index is -1.15. The van der Waals surface area contributed by atoms with E-state index in [9.17, 15) is 9.59 Å². The van der Waals surface area contributed by atoms with E-state index >= 15 is 0 Å². The number of fused-ring (bicyclic) bond motifs is 1. The average molecular weight is 268 g/mol. The van der Waals surface area contributed by atoms with Gasteiger partial charge in [-0.3, -0.25) is 9.59 Å². The maximum Gasteiger partial charge on any atom is 0.245 e. The molecule has 0 bridgehead atoms. The van der Waals surface area contributed by atoms with Gasteiger partial charge in [-0.05, 0) is 17.9 Å². The zero-order valence-corrected chi connectivity index (χ0v) is 11.5. The Hall–Kier alpha value is -1.78. The zero-order chi connectivity index (χ0) is 14.3. The van der Waals surface area contributed by atoms with Crippen LogP contribution in [0.5, 0.6) is 0 Å². The van der Waals surface area contributed by atoms with Crippen molar-refractivity contribution in [2.24, 2.45) is 5.92 Å². The zero-order valence-electron chi connectivity index (χ0n) is 11.5. The summed E-state index contributed by atoms with van der Waals surface area (Å²) in [7, 11) is 6.14. The Kier molecular flexibility index (Phi) is 3.07. The molecule has 0 saturated carbocycles. The van der Waals surface area contributed by atoms with E-state index in [0.29, 0.717) is 19.4 Å². The van der Waals surface area contributed by atoms with Crippen LogP contribution in [0.4, 0.5) is 0 Å². The predicted octanol–water partition coefficient (Wildman–Crippen LogP) is 0.461. The Balaban J connectivity index is 1.82. The molecule has 2 aliphatic rings. The second kappa shape index (κ2) is 4.65. The van der Waals surface area contributed by atoms with Crippen LogP contribution in [-0.2, 0) is 16.0 Å². The molecule has 20 heavy (non-hydrogen) atoms. The molecule has 3 rings (SSSR count). The largest absolute Gasteiger partial charge is 0.343 e. The fourth-order valence-corrected chi connectivity index (χ4v) is 3.20. The quantitative estimate of drug-likeness (QED) is 0.792. The number of rotatable bonds is 2. The van der Waals surface area contributed by atoms with Gasteiger partial charge in [-0.25, -0.2) is 0 Å². The highest BCUT2D eigenvalue weighted by atomic mass is 16.2. The summed E-state index contributed by atoms with van der Waals surface area (Å²) in [4.78, 5) is 26.4. The number of carbonyl (C=O) groups excluding carboxylic acids is 2. The molecule has 4 nitrogen and oxygen atoms in total. The van der Waals surface area contributed by atoms with E-state index in [2.05, 4.69) is 5.32 Å². The lowest BCUT2D eigenvalue weighted by Gasteiger charge is -2.42. The molecule has 0 spiro atoms. The van der Waals surface area contributed by atoms with Crippen molar-refractivity contribution in [3.05, 3.63) is 35.9 Å². The molecule has 1 N–H and O–H groups in total. The number of piperazine rings is 1. The Labute approximate surface area is 119 Å². The van der Waals surface area contributed by atoms with Gasteiger partial charge in [-0.1, -0.05) is 37.3 Å². The van der Waals surface area contributed by atoms with Gasteiger partial charge < -0.3 is 10.2 Å². The molecule has 2 radical (unpaired) electrons. The van der Waals surface area contributed by atoms with Crippen LogP contribution in [0.15, 0.2) is 30.3 Å². The molecular weight excluding hydrogens is 251 g/mol. The summed E-state index contributed by atoms with van der Waals surface area (Å²) in [6.07, 6.45) is 1.04. The van der Waals surface area contributed by atoms with Crippen LogP contribution in [0.2, 0.25) is 0 Å². The lowest BCUT2D eigenvalue weighted by molar-refractivity contribution is -0.149. The van der Waals surface area contributed by atoms with Crippen molar-refractivity contribution in [1.29, 1.82) is 0 Å². The maximum atomic E-state index is 12.5. The van der Waals surface area contributed by atoms with Gasteiger partial charge in [-0.15, -0.1) is 0 Å². The molecule has 102 valence electrons. The first-order valence-corrected chi connectivity index (χ1v) is 6.96. The first kappa shape index (κ1) is 13.2. The SMILES string of the molecule is [B][C@@]12C[C@@H](C)CN1C(=O)[C@H](Cc1ccccc1)NC2=O. The first-order valence-electron chi connectivity index (χ1n) is 6.96. The van der Waals surface area contributed by atoms with Crippen LogP contribution < -0.4 is 5.32 Å². The van der Waals surface area contributed by atoms with Gasteiger partial charge in [0.15, 0.2) is 0 Å². The Morgan fingerprint density at radius 1 is 1.35 bits per heavy atom. The van der Waals surface area contributed by atoms with Crippen LogP contribution in [0.3, 0.4) is 0 Å². The van der Waals surface area contributed by atoms with Gasteiger partial charge in [0.1, 0.15) is 13.9 Å². The van der Waals surface area contributed by atoms with Crippen LogP contribution in [0.1, 0.15) is 18.9 Å². The Bertz CT molecular complexity index is 548. The average Bonchev–Trinajstić information content (AvgIpc) is 2.74.